The maximum absolute atomic E-state index is 13.2. The van der Waals surface area contributed by atoms with E-state index in [2.05, 4.69) is 10.3 Å². The number of benzene rings is 1. The molecule has 29 heavy (non-hydrogen) atoms. The maximum Gasteiger partial charge on any atom is 0.293 e. The Labute approximate surface area is 169 Å². The number of furan rings is 1. The molecule has 3 N–H and O–H groups in total. The van der Waals surface area contributed by atoms with E-state index in [0.29, 0.717) is 16.5 Å². The number of nitrogens with zero attached hydrogens (tertiary/aromatic N) is 2. The van der Waals surface area contributed by atoms with E-state index in [9.17, 15) is 18.8 Å². The third kappa shape index (κ3) is 5.48. The fraction of sp³-hybridized carbons (Fsp3) is 0.158. The summed E-state index contributed by atoms with van der Waals surface area (Å²) in [7, 11) is 0. The van der Waals surface area contributed by atoms with Crippen LogP contribution in [-0.4, -0.2) is 29.3 Å². The average molecular weight is 416 g/mol. The van der Waals surface area contributed by atoms with Gasteiger partial charge in [-0.2, -0.15) is 0 Å². The summed E-state index contributed by atoms with van der Waals surface area (Å²) >= 11 is 1.17. The highest BCUT2D eigenvalue weighted by Gasteiger charge is 2.19. The molecule has 0 aliphatic heterocycles. The van der Waals surface area contributed by atoms with Crippen LogP contribution in [0.3, 0.4) is 0 Å². The van der Waals surface area contributed by atoms with Crippen molar-refractivity contribution < 1.29 is 23.2 Å². The van der Waals surface area contributed by atoms with Gasteiger partial charge in [0.2, 0.25) is 11.8 Å². The number of halogens is 1. The highest BCUT2D eigenvalue weighted by atomic mass is 32.1. The fourth-order valence-electron chi connectivity index (χ4n) is 2.50. The number of carbonyl (C=O) groups is 3. The Morgan fingerprint density at radius 3 is 2.62 bits per heavy atom. The molecule has 3 amide bonds. The fourth-order valence-corrected chi connectivity index (χ4v) is 3.21. The van der Waals surface area contributed by atoms with E-state index in [0.717, 1.165) is 0 Å². The van der Waals surface area contributed by atoms with Gasteiger partial charge >= 0.3 is 0 Å². The molecule has 1 aromatic carbocycles. The molecule has 150 valence electrons. The van der Waals surface area contributed by atoms with Crippen LogP contribution in [0.2, 0.25) is 0 Å². The lowest BCUT2D eigenvalue weighted by Crippen LogP contribution is -2.35. The predicted molar refractivity (Wildman–Crippen MR) is 105 cm³/mol. The maximum atomic E-state index is 13.2. The molecule has 0 aliphatic carbocycles. The Balaban J connectivity index is 1.68. The van der Waals surface area contributed by atoms with Gasteiger partial charge in [0.25, 0.3) is 5.91 Å². The first kappa shape index (κ1) is 20.2. The number of nitrogens with two attached hydrogens (primary N) is 1. The van der Waals surface area contributed by atoms with Crippen molar-refractivity contribution in [2.45, 2.75) is 12.8 Å². The summed E-state index contributed by atoms with van der Waals surface area (Å²) in [6.45, 7) is 0.0615. The first-order chi connectivity index (χ1) is 13.9. The minimum absolute atomic E-state index is 0.0371. The lowest BCUT2D eigenvalue weighted by atomic mass is 10.2. The third-order valence-corrected chi connectivity index (χ3v) is 4.68. The number of amides is 3. The zero-order chi connectivity index (χ0) is 20.8. The second-order valence-corrected chi connectivity index (χ2v) is 6.85. The van der Waals surface area contributed by atoms with Crippen LogP contribution in [0.1, 0.15) is 22.7 Å². The van der Waals surface area contributed by atoms with Crippen LogP contribution < -0.4 is 16.0 Å². The van der Waals surface area contributed by atoms with Gasteiger partial charge in [-0.1, -0.05) is 0 Å². The monoisotopic (exact) mass is 416 g/mol. The molecular weight excluding hydrogens is 399 g/mol. The standard InChI is InChI=1S/C19H17FN4O4S/c20-12-3-5-14(6-4-12)24(8-7-16(21)25)17(26)10-13-11-29-19(22-13)23-18(27)15-2-1-9-28-15/h1-6,9,11H,7-8,10H2,(H2,21,25)(H,22,23,27). The normalized spacial score (nSPS) is 10.5. The molecule has 0 radical (unpaired) electrons. The van der Waals surface area contributed by atoms with E-state index in [1.54, 1.807) is 11.4 Å². The summed E-state index contributed by atoms with van der Waals surface area (Å²) in [6.07, 6.45) is 1.28. The first-order valence-corrected chi connectivity index (χ1v) is 9.44. The molecule has 0 fully saturated rings. The summed E-state index contributed by atoms with van der Waals surface area (Å²) < 4.78 is 18.2. The van der Waals surface area contributed by atoms with Crippen molar-refractivity contribution in [1.29, 1.82) is 0 Å². The highest BCUT2D eigenvalue weighted by molar-refractivity contribution is 7.14. The lowest BCUT2D eigenvalue weighted by Gasteiger charge is -2.22. The number of nitrogens with one attached hydrogen (secondary N) is 1. The minimum Gasteiger partial charge on any atom is -0.459 e. The van der Waals surface area contributed by atoms with E-state index < -0.39 is 17.6 Å². The van der Waals surface area contributed by atoms with Crippen LogP contribution in [0.15, 0.2) is 52.5 Å². The van der Waals surface area contributed by atoms with Crippen LogP contribution in [0.4, 0.5) is 15.2 Å². The SMILES string of the molecule is NC(=O)CCN(C(=O)Cc1csc(NC(=O)c2ccco2)n1)c1ccc(F)cc1. The third-order valence-electron chi connectivity index (χ3n) is 3.87. The number of hydrogen-bond acceptors (Lipinski definition) is 6. The van der Waals surface area contributed by atoms with Gasteiger partial charge in [0, 0.05) is 24.0 Å². The number of primary amides is 1. The number of aromatic nitrogens is 1. The topological polar surface area (TPSA) is 119 Å². The Morgan fingerprint density at radius 1 is 1.21 bits per heavy atom. The van der Waals surface area contributed by atoms with Gasteiger partial charge in [-0.3, -0.25) is 19.7 Å². The van der Waals surface area contributed by atoms with Crippen molar-refractivity contribution in [2.75, 3.05) is 16.8 Å². The number of hydrogen-bond donors (Lipinski definition) is 2. The molecule has 10 heteroatoms. The quantitative estimate of drug-likeness (QED) is 0.585. The minimum atomic E-state index is -0.554. The van der Waals surface area contributed by atoms with Gasteiger partial charge in [-0.15, -0.1) is 11.3 Å². The molecule has 2 aromatic heterocycles. The lowest BCUT2D eigenvalue weighted by molar-refractivity contribution is -0.118. The van der Waals surface area contributed by atoms with Gasteiger partial charge < -0.3 is 15.1 Å². The first-order valence-electron chi connectivity index (χ1n) is 8.56. The molecule has 0 saturated carbocycles. The molecule has 0 unspecified atom stereocenters. The van der Waals surface area contributed by atoms with Crippen molar-refractivity contribution >= 4 is 39.9 Å². The van der Waals surface area contributed by atoms with Gasteiger partial charge in [0.15, 0.2) is 10.9 Å². The van der Waals surface area contributed by atoms with Crippen molar-refractivity contribution in [3.8, 4) is 0 Å². The molecule has 0 atom stereocenters. The Bertz CT molecular complexity index is 1000. The largest absolute Gasteiger partial charge is 0.459 e. The summed E-state index contributed by atoms with van der Waals surface area (Å²) in [5.74, 6) is -1.63. The van der Waals surface area contributed by atoms with Gasteiger partial charge in [-0.25, -0.2) is 9.37 Å². The van der Waals surface area contributed by atoms with E-state index in [1.165, 1.54) is 52.8 Å². The number of rotatable bonds is 8. The van der Waals surface area contributed by atoms with E-state index in [4.69, 9.17) is 10.2 Å². The Morgan fingerprint density at radius 2 is 1.97 bits per heavy atom. The molecular formula is C19H17FN4O4S. The number of anilines is 2. The Kier molecular flexibility index (Phi) is 6.35. The van der Waals surface area contributed by atoms with Gasteiger partial charge in [0.05, 0.1) is 18.4 Å². The molecule has 0 saturated heterocycles. The van der Waals surface area contributed by atoms with Gasteiger partial charge in [-0.05, 0) is 36.4 Å². The second-order valence-electron chi connectivity index (χ2n) is 5.99. The van der Waals surface area contributed by atoms with Crippen LogP contribution in [0, 0.1) is 5.82 Å². The van der Waals surface area contributed by atoms with E-state index in [1.807, 2.05) is 0 Å². The molecule has 8 nitrogen and oxygen atoms in total. The molecule has 0 spiro atoms. The highest BCUT2D eigenvalue weighted by Crippen LogP contribution is 2.20. The molecule has 0 aliphatic rings. The van der Waals surface area contributed by atoms with Crippen LogP contribution in [0.5, 0.6) is 0 Å². The van der Waals surface area contributed by atoms with Crippen LogP contribution in [0.25, 0.3) is 0 Å². The summed E-state index contributed by atoms with van der Waals surface area (Å²) in [5.41, 5.74) is 6.08. The summed E-state index contributed by atoms with van der Waals surface area (Å²) in [6, 6.07) is 8.47. The summed E-state index contributed by atoms with van der Waals surface area (Å²) in [4.78, 5) is 41.5. The van der Waals surface area contributed by atoms with Crippen molar-refractivity contribution in [3.63, 3.8) is 0 Å². The predicted octanol–water partition coefficient (Wildman–Crippen LogP) is 2.58. The second kappa shape index (κ2) is 9.11. The van der Waals surface area contributed by atoms with E-state index in [-0.39, 0.29) is 31.1 Å². The zero-order valence-electron chi connectivity index (χ0n) is 15.1. The van der Waals surface area contributed by atoms with Crippen molar-refractivity contribution in [2.24, 2.45) is 5.73 Å². The van der Waals surface area contributed by atoms with Crippen molar-refractivity contribution in [3.05, 3.63) is 65.3 Å². The zero-order valence-corrected chi connectivity index (χ0v) is 15.9. The molecule has 0 bridgehead atoms. The Hall–Kier alpha value is -3.53. The smallest absolute Gasteiger partial charge is 0.293 e. The van der Waals surface area contributed by atoms with E-state index >= 15 is 0 Å². The van der Waals surface area contributed by atoms with Gasteiger partial charge in [0.1, 0.15) is 5.82 Å². The van der Waals surface area contributed by atoms with Crippen LogP contribution >= 0.6 is 11.3 Å². The molecule has 2 heterocycles. The van der Waals surface area contributed by atoms with Crippen LogP contribution in [-0.2, 0) is 16.0 Å². The molecule has 3 aromatic rings. The molecule has 3 rings (SSSR count). The number of thiazole rings is 1. The average Bonchev–Trinajstić information content (AvgIpc) is 3.35. The summed E-state index contributed by atoms with van der Waals surface area (Å²) in [5, 5.41) is 4.56. The number of carbonyl (C=O) groups excluding carboxylic acids is 3. The van der Waals surface area contributed by atoms with Crippen molar-refractivity contribution in [1.82, 2.24) is 4.98 Å².